The van der Waals surface area contributed by atoms with E-state index < -0.39 is 0 Å². The first-order chi connectivity index (χ1) is 22.8. The van der Waals surface area contributed by atoms with E-state index in [-0.39, 0.29) is 20.4 Å². The van der Waals surface area contributed by atoms with Gasteiger partial charge in [-0.25, -0.2) is 9.97 Å². The Hall–Kier alpha value is -6.02. The Morgan fingerprint density at radius 1 is 0.426 bits per heavy atom. The van der Waals surface area contributed by atoms with Gasteiger partial charge >= 0.3 is 20.4 Å². The number of benzene rings is 4. The molecule has 0 saturated heterocycles. The van der Waals surface area contributed by atoms with Gasteiger partial charge in [-0.1, -0.05) is 97.1 Å². The summed E-state index contributed by atoms with van der Waals surface area (Å²) in [6.07, 6.45) is 7.81. The molecule has 0 unspecified atom stereocenters. The normalized spacial score (nSPS) is 14.6. The first-order valence-electron chi connectivity index (χ1n) is 14.8. The summed E-state index contributed by atoms with van der Waals surface area (Å²) in [7, 11) is 0. The third-order valence-corrected chi connectivity index (χ3v) is 7.81. The zero-order chi connectivity index (χ0) is 30.5. The van der Waals surface area contributed by atoms with Crippen molar-refractivity contribution in [2.75, 3.05) is 9.80 Å². The van der Waals surface area contributed by atoms with Crippen LogP contribution < -0.4 is 9.80 Å². The maximum absolute atomic E-state index is 5.06. The molecular formula is C36H24N10Pd. The van der Waals surface area contributed by atoms with Gasteiger partial charge in [0.2, 0.25) is 0 Å². The average molecular weight is 703 g/mol. The van der Waals surface area contributed by atoms with Crippen molar-refractivity contribution in [1.29, 1.82) is 0 Å². The Labute approximate surface area is 284 Å². The number of para-hydroxylation sites is 4. The van der Waals surface area contributed by atoms with E-state index in [0.717, 1.165) is 22.7 Å². The predicted octanol–water partition coefficient (Wildman–Crippen LogP) is 8.13. The van der Waals surface area contributed by atoms with Crippen molar-refractivity contribution >= 4 is 46.6 Å². The first-order valence-corrected chi connectivity index (χ1v) is 14.8. The van der Waals surface area contributed by atoms with Gasteiger partial charge in [0, 0.05) is 47.1 Å². The third-order valence-electron chi connectivity index (χ3n) is 7.81. The Bertz CT molecular complexity index is 2040. The quantitative estimate of drug-likeness (QED) is 0.173. The van der Waals surface area contributed by atoms with E-state index in [1.165, 1.54) is 0 Å². The SMILES string of the molecule is C1=C2[N-]C(=Nc3nc(cn3-c3ccccc3)C3=CN(c4ccccc4)C(=Nc4nc2cn4-c2ccccc2)[N-]3)N1c1ccccc1.[Pd+2]. The molecule has 11 heteroatoms. The molecule has 0 amide bonds. The van der Waals surface area contributed by atoms with E-state index in [1.807, 2.05) is 165 Å². The zero-order valence-electron chi connectivity index (χ0n) is 24.6. The molecule has 0 spiro atoms. The minimum atomic E-state index is 0. The molecule has 0 N–H and O–H groups in total. The number of fused-ring (bicyclic) bond motifs is 10. The van der Waals surface area contributed by atoms with Crippen LogP contribution in [0, 0.1) is 0 Å². The summed E-state index contributed by atoms with van der Waals surface area (Å²) in [5.74, 6) is 1.87. The summed E-state index contributed by atoms with van der Waals surface area (Å²) in [6.45, 7) is 0. The van der Waals surface area contributed by atoms with E-state index in [2.05, 4.69) is 0 Å². The first kappa shape index (κ1) is 28.5. The van der Waals surface area contributed by atoms with Gasteiger partial charge < -0.3 is 30.4 Å². The maximum atomic E-state index is 5.06. The third kappa shape index (κ3) is 5.14. The van der Waals surface area contributed by atoms with Crippen molar-refractivity contribution in [2.24, 2.45) is 9.98 Å². The van der Waals surface area contributed by atoms with Crippen molar-refractivity contribution in [3.63, 3.8) is 0 Å². The molecule has 3 aliphatic rings. The predicted molar refractivity (Wildman–Crippen MR) is 182 cm³/mol. The van der Waals surface area contributed by atoms with Crippen LogP contribution in [-0.4, -0.2) is 31.0 Å². The number of aliphatic imine (C=N–C) groups is 2. The molecule has 0 radical (unpaired) electrons. The number of guanidine groups is 2. The van der Waals surface area contributed by atoms with Crippen molar-refractivity contribution in [3.05, 3.63) is 168 Å². The second-order valence-corrected chi connectivity index (χ2v) is 10.8. The molecule has 2 aromatic heterocycles. The molecule has 0 fully saturated rings. The summed E-state index contributed by atoms with van der Waals surface area (Å²) in [6, 6.07) is 40.1. The van der Waals surface area contributed by atoms with Gasteiger partial charge in [-0.05, 0) is 48.0 Å². The van der Waals surface area contributed by atoms with E-state index in [1.54, 1.807) is 0 Å². The molecule has 10 nitrogen and oxygen atoms in total. The summed E-state index contributed by atoms with van der Waals surface area (Å²) in [5.41, 5.74) is 6.26. The number of aromatic nitrogens is 4. The second kappa shape index (κ2) is 11.7. The molecule has 0 aliphatic carbocycles. The largest absolute Gasteiger partial charge is 2.00 e. The summed E-state index contributed by atoms with van der Waals surface area (Å²) >= 11 is 0. The minimum absolute atomic E-state index is 0. The molecule has 0 saturated carbocycles. The second-order valence-electron chi connectivity index (χ2n) is 10.8. The van der Waals surface area contributed by atoms with Crippen LogP contribution in [0.4, 0.5) is 23.3 Å². The zero-order valence-corrected chi connectivity index (χ0v) is 26.2. The van der Waals surface area contributed by atoms with Crippen LogP contribution in [0.25, 0.3) is 33.4 Å². The molecule has 8 bridgehead atoms. The maximum Gasteiger partial charge on any atom is 2.00 e. The van der Waals surface area contributed by atoms with Crippen molar-refractivity contribution in [1.82, 2.24) is 19.1 Å². The topological polar surface area (TPSA) is 95.0 Å². The standard InChI is InChI=1S/C36H24N10.Pd/c1-5-13-25(14-6-1)43-21-29-30-22-45(27-17-9-3-10-18-27)35(38-30)42-36-40-32(24-46(36)28-19-11-4-12-20-28)31-23-44(26-15-7-2-8-16-26)34(39-31)41-33(43)37-29;/h1-24H;/q-2;+2. The number of hydrogen-bond donors (Lipinski definition) is 0. The van der Waals surface area contributed by atoms with Crippen molar-refractivity contribution in [3.8, 4) is 11.4 Å². The fourth-order valence-electron chi connectivity index (χ4n) is 5.58. The molecular weight excluding hydrogens is 679 g/mol. The van der Waals surface area contributed by atoms with E-state index in [0.29, 0.717) is 46.6 Å². The van der Waals surface area contributed by atoms with E-state index in [4.69, 9.17) is 30.6 Å². The number of nitrogens with zero attached hydrogens (tertiary/aromatic N) is 10. The molecule has 228 valence electrons. The van der Waals surface area contributed by atoms with Gasteiger partial charge in [0.05, 0.1) is 11.4 Å². The Kier molecular flexibility index (Phi) is 7.10. The van der Waals surface area contributed by atoms with Crippen LogP contribution in [0.3, 0.4) is 0 Å². The van der Waals surface area contributed by atoms with Gasteiger partial charge in [0.15, 0.2) is 11.9 Å². The molecule has 9 rings (SSSR count). The van der Waals surface area contributed by atoms with E-state index in [9.17, 15) is 0 Å². The van der Waals surface area contributed by atoms with Crippen molar-refractivity contribution < 1.29 is 20.4 Å². The Morgan fingerprint density at radius 2 is 0.766 bits per heavy atom. The van der Waals surface area contributed by atoms with Gasteiger partial charge in [0.25, 0.3) is 0 Å². The fourth-order valence-corrected chi connectivity index (χ4v) is 5.58. The van der Waals surface area contributed by atoms with Gasteiger partial charge in [-0.2, -0.15) is 0 Å². The number of hydrogen-bond acceptors (Lipinski definition) is 6. The van der Waals surface area contributed by atoms with Crippen LogP contribution >= 0.6 is 0 Å². The van der Waals surface area contributed by atoms with Gasteiger partial charge in [0.1, 0.15) is 0 Å². The van der Waals surface area contributed by atoms with Crippen molar-refractivity contribution in [2.45, 2.75) is 0 Å². The number of anilines is 2. The smallest absolute Gasteiger partial charge is 0.374 e. The summed E-state index contributed by atoms with van der Waals surface area (Å²) in [4.78, 5) is 24.1. The van der Waals surface area contributed by atoms with Gasteiger partial charge in [-0.3, -0.25) is 9.13 Å². The van der Waals surface area contributed by atoms with E-state index >= 15 is 0 Å². The Morgan fingerprint density at radius 3 is 1.13 bits per heavy atom. The summed E-state index contributed by atoms with van der Waals surface area (Å²) < 4.78 is 3.91. The molecule has 5 heterocycles. The number of rotatable bonds is 4. The Balaban J connectivity index is 0.00000324. The molecule has 3 aliphatic heterocycles. The fraction of sp³-hybridized carbons (Fsp3) is 0. The average Bonchev–Trinajstić information content (AvgIpc) is 3.92. The molecule has 4 aromatic carbocycles. The van der Waals surface area contributed by atoms with Crippen LogP contribution in [0.1, 0.15) is 11.4 Å². The van der Waals surface area contributed by atoms with Crippen LogP contribution in [-0.2, 0) is 20.4 Å². The monoisotopic (exact) mass is 702 g/mol. The van der Waals surface area contributed by atoms with Crippen LogP contribution in [0.2, 0.25) is 0 Å². The number of imidazole rings is 2. The summed E-state index contributed by atoms with van der Waals surface area (Å²) in [5, 5.41) is 10.0. The molecule has 0 atom stereocenters. The van der Waals surface area contributed by atoms with Crippen LogP contribution in [0.15, 0.2) is 156 Å². The molecule has 6 aromatic rings. The van der Waals surface area contributed by atoms with Gasteiger partial charge in [-0.15, -0.1) is 0 Å². The van der Waals surface area contributed by atoms with Crippen LogP contribution in [0.5, 0.6) is 0 Å². The molecule has 47 heavy (non-hydrogen) atoms. The minimum Gasteiger partial charge on any atom is -0.374 e.